The van der Waals surface area contributed by atoms with Gasteiger partial charge in [-0.15, -0.1) is 0 Å². The maximum atomic E-state index is 11.1. The predicted molar refractivity (Wildman–Crippen MR) is 90.8 cm³/mol. The summed E-state index contributed by atoms with van der Waals surface area (Å²) in [5, 5.41) is 7.24. The predicted octanol–water partition coefficient (Wildman–Crippen LogP) is 3.37. The van der Waals surface area contributed by atoms with Gasteiger partial charge in [0.1, 0.15) is 11.4 Å². The molecule has 1 aromatic carbocycles. The number of carbonyl (C=O) groups excluding carboxylic acids is 1. The van der Waals surface area contributed by atoms with Crippen LogP contribution in [0.3, 0.4) is 0 Å². The average Bonchev–Trinajstić information content (AvgIpc) is 3.15. The third kappa shape index (κ3) is 3.72. The van der Waals surface area contributed by atoms with E-state index in [1.165, 1.54) is 18.3 Å². The summed E-state index contributed by atoms with van der Waals surface area (Å²) in [4.78, 5) is 16.1. The van der Waals surface area contributed by atoms with Crippen LogP contribution in [0.5, 0.6) is 10.9 Å². The molecule has 1 amide bonds. The van der Waals surface area contributed by atoms with Crippen molar-refractivity contribution in [2.75, 3.05) is 5.73 Å². The second-order valence-electron chi connectivity index (χ2n) is 5.20. The molecule has 8 heteroatoms. The van der Waals surface area contributed by atoms with Gasteiger partial charge in [0, 0.05) is 24.7 Å². The van der Waals surface area contributed by atoms with Crippen LogP contribution >= 0.6 is 11.3 Å². The van der Waals surface area contributed by atoms with Gasteiger partial charge in [0.15, 0.2) is 5.76 Å². The van der Waals surface area contributed by atoms with Crippen molar-refractivity contribution in [2.45, 2.75) is 19.9 Å². The average molecular weight is 344 g/mol. The summed E-state index contributed by atoms with van der Waals surface area (Å²) >= 11 is 1.34. The summed E-state index contributed by atoms with van der Waals surface area (Å²) < 4.78 is 11.0. The zero-order valence-corrected chi connectivity index (χ0v) is 14.0. The number of amides is 1. The van der Waals surface area contributed by atoms with Crippen LogP contribution in [0.2, 0.25) is 0 Å². The minimum Gasteiger partial charge on any atom is -0.431 e. The molecule has 1 atom stereocenters. The standard InChI is InChI=1S/C16H16N4O3S/c1-9(19-10(2)21)14-7-13(20-23-14)15-8-18-16(24-15)22-12-5-3-4-11(17)6-12/h3-9H,17H2,1-2H3,(H,19,21). The van der Waals surface area contributed by atoms with E-state index in [1.807, 2.05) is 13.0 Å². The topological polar surface area (TPSA) is 103 Å². The number of benzene rings is 1. The Hall–Kier alpha value is -2.87. The van der Waals surface area contributed by atoms with Crippen LogP contribution in [0, 0.1) is 0 Å². The lowest BCUT2D eigenvalue weighted by Crippen LogP contribution is -2.23. The van der Waals surface area contributed by atoms with Crippen LogP contribution < -0.4 is 15.8 Å². The smallest absolute Gasteiger partial charge is 0.279 e. The Morgan fingerprint density at radius 2 is 2.25 bits per heavy atom. The van der Waals surface area contributed by atoms with Gasteiger partial charge >= 0.3 is 0 Å². The molecular weight excluding hydrogens is 328 g/mol. The van der Waals surface area contributed by atoms with Crippen molar-refractivity contribution in [1.82, 2.24) is 15.5 Å². The van der Waals surface area contributed by atoms with Gasteiger partial charge in [-0.3, -0.25) is 4.79 Å². The molecule has 0 fully saturated rings. The van der Waals surface area contributed by atoms with Crippen LogP contribution in [-0.4, -0.2) is 16.0 Å². The molecule has 3 N–H and O–H groups in total. The summed E-state index contributed by atoms with van der Waals surface area (Å²) in [6.45, 7) is 3.28. The Labute approximate surface area is 142 Å². The number of nitrogen functional groups attached to an aromatic ring is 1. The van der Waals surface area contributed by atoms with Gasteiger partial charge in [0.2, 0.25) is 5.91 Å². The minimum atomic E-state index is -0.250. The van der Waals surface area contributed by atoms with Crippen LogP contribution in [0.15, 0.2) is 41.1 Å². The summed E-state index contributed by atoms with van der Waals surface area (Å²) in [7, 11) is 0. The molecule has 7 nitrogen and oxygen atoms in total. The molecule has 124 valence electrons. The van der Waals surface area contributed by atoms with E-state index in [1.54, 1.807) is 30.5 Å². The number of nitrogens with zero attached hydrogens (tertiary/aromatic N) is 2. The molecule has 3 rings (SSSR count). The SMILES string of the molecule is CC(=O)NC(C)c1cc(-c2cnc(Oc3cccc(N)c3)s2)no1. The molecule has 0 spiro atoms. The Bertz CT molecular complexity index is 858. The molecular formula is C16H16N4O3S. The number of thiazole rings is 1. The van der Waals surface area contributed by atoms with Gasteiger partial charge < -0.3 is 20.3 Å². The number of aromatic nitrogens is 2. The highest BCUT2D eigenvalue weighted by molar-refractivity contribution is 7.16. The van der Waals surface area contributed by atoms with Crippen molar-refractivity contribution in [1.29, 1.82) is 0 Å². The number of nitrogens with one attached hydrogen (secondary N) is 1. The molecule has 0 saturated carbocycles. The Balaban J connectivity index is 1.74. The van der Waals surface area contributed by atoms with Crippen molar-refractivity contribution in [2.24, 2.45) is 0 Å². The number of hydrogen-bond acceptors (Lipinski definition) is 7. The number of nitrogens with two attached hydrogens (primary N) is 1. The molecule has 24 heavy (non-hydrogen) atoms. The first-order valence-electron chi connectivity index (χ1n) is 7.24. The lowest BCUT2D eigenvalue weighted by molar-refractivity contribution is -0.119. The Morgan fingerprint density at radius 3 is 3.00 bits per heavy atom. The third-order valence-electron chi connectivity index (χ3n) is 3.18. The summed E-state index contributed by atoms with van der Waals surface area (Å²) in [6, 6.07) is 8.66. The number of rotatable bonds is 5. The van der Waals surface area contributed by atoms with Crippen LogP contribution in [-0.2, 0) is 4.79 Å². The minimum absolute atomic E-state index is 0.129. The highest BCUT2D eigenvalue weighted by Gasteiger charge is 2.16. The summed E-state index contributed by atoms with van der Waals surface area (Å²) in [6.07, 6.45) is 1.66. The third-order valence-corrected chi connectivity index (χ3v) is 4.07. The zero-order valence-electron chi connectivity index (χ0n) is 13.1. The maximum Gasteiger partial charge on any atom is 0.279 e. The van der Waals surface area contributed by atoms with Crippen molar-refractivity contribution in [3.8, 4) is 21.5 Å². The fourth-order valence-corrected chi connectivity index (χ4v) is 2.83. The van der Waals surface area contributed by atoms with Gasteiger partial charge in [0.05, 0.1) is 17.1 Å². The molecule has 0 aliphatic carbocycles. The number of anilines is 1. The van der Waals surface area contributed by atoms with Gasteiger partial charge in [-0.2, -0.15) is 0 Å². The zero-order chi connectivity index (χ0) is 17.1. The van der Waals surface area contributed by atoms with E-state index in [-0.39, 0.29) is 11.9 Å². The quantitative estimate of drug-likeness (QED) is 0.688. The van der Waals surface area contributed by atoms with Gasteiger partial charge in [-0.1, -0.05) is 22.6 Å². The molecule has 2 heterocycles. The van der Waals surface area contributed by atoms with Crippen molar-refractivity contribution in [3.05, 3.63) is 42.3 Å². The first-order chi connectivity index (χ1) is 11.5. The van der Waals surface area contributed by atoms with E-state index in [9.17, 15) is 4.79 Å². The molecule has 0 saturated heterocycles. The first-order valence-corrected chi connectivity index (χ1v) is 8.06. The Kier molecular flexibility index (Phi) is 4.48. The van der Waals surface area contributed by atoms with E-state index < -0.39 is 0 Å². The monoisotopic (exact) mass is 344 g/mol. The second kappa shape index (κ2) is 6.71. The molecule has 0 aliphatic rings. The normalized spacial score (nSPS) is 11.9. The van der Waals surface area contributed by atoms with E-state index in [0.717, 1.165) is 4.88 Å². The van der Waals surface area contributed by atoms with Crippen LogP contribution in [0.25, 0.3) is 10.6 Å². The molecule has 0 aliphatic heterocycles. The summed E-state index contributed by atoms with van der Waals surface area (Å²) in [5.41, 5.74) is 6.99. The van der Waals surface area contributed by atoms with Gasteiger partial charge in [0.25, 0.3) is 5.19 Å². The van der Waals surface area contributed by atoms with E-state index >= 15 is 0 Å². The van der Waals surface area contributed by atoms with E-state index in [0.29, 0.717) is 28.1 Å². The van der Waals surface area contributed by atoms with Crippen molar-refractivity contribution in [3.63, 3.8) is 0 Å². The van der Waals surface area contributed by atoms with E-state index in [4.69, 9.17) is 15.0 Å². The lowest BCUT2D eigenvalue weighted by atomic mass is 10.2. The highest BCUT2D eigenvalue weighted by atomic mass is 32.1. The van der Waals surface area contributed by atoms with Crippen LogP contribution in [0.1, 0.15) is 25.6 Å². The molecule has 0 bridgehead atoms. The maximum absolute atomic E-state index is 11.1. The number of hydrogen-bond donors (Lipinski definition) is 2. The molecule has 1 unspecified atom stereocenters. The van der Waals surface area contributed by atoms with Gasteiger partial charge in [-0.25, -0.2) is 4.98 Å². The van der Waals surface area contributed by atoms with Gasteiger partial charge in [-0.05, 0) is 19.1 Å². The molecule has 3 aromatic rings. The second-order valence-corrected chi connectivity index (χ2v) is 6.19. The lowest BCUT2D eigenvalue weighted by Gasteiger charge is -2.06. The first kappa shape index (κ1) is 16.0. The van der Waals surface area contributed by atoms with Crippen molar-refractivity contribution < 1.29 is 14.1 Å². The molecule has 0 radical (unpaired) electrons. The number of carbonyl (C=O) groups is 1. The van der Waals surface area contributed by atoms with Crippen molar-refractivity contribution >= 4 is 22.9 Å². The Morgan fingerprint density at radius 1 is 1.42 bits per heavy atom. The number of ether oxygens (including phenoxy) is 1. The van der Waals surface area contributed by atoms with E-state index in [2.05, 4.69) is 15.5 Å². The summed E-state index contributed by atoms with van der Waals surface area (Å²) in [5.74, 6) is 1.07. The largest absolute Gasteiger partial charge is 0.431 e. The molecule has 2 aromatic heterocycles. The fourth-order valence-electron chi connectivity index (χ4n) is 2.09. The fraction of sp³-hybridized carbons (Fsp3) is 0.188. The highest BCUT2D eigenvalue weighted by Crippen LogP contribution is 2.33. The van der Waals surface area contributed by atoms with Crippen LogP contribution in [0.4, 0.5) is 5.69 Å².